The fourth-order valence-electron chi connectivity index (χ4n) is 3.94. The molecule has 33 heavy (non-hydrogen) atoms. The molecule has 0 aliphatic heterocycles. The standard InChI is InChI=1S/C26H24N2O4S/c1-17-11-13-19(14-12-17)33-25(28(30)31)15-18(2)27-26(29)32-16-24-22-9-5-3-7-20(22)21-8-4-6-10-23(21)24/h3-15,18,24H,16H2,1-2H3,(H,27,29)/b25-15-/t18-/m0/s1. The van der Waals surface area contributed by atoms with Crippen molar-refractivity contribution in [3.63, 3.8) is 0 Å². The van der Waals surface area contributed by atoms with E-state index in [2.05, 4.69) is 29.6 Å². The number of rotatable bonds is 7. The van der Waals surface area contributed by atoms with Gasteiger partial charge in [-0.1, -0.05) is 66.2 Å². The van der Waals surface area contributed by atoms with Crippen LogP contribution < -0.4 is 5.32 Å². The van der Waals surface area contributed by atoms with Crippen LogP contribution in [0.2, 0.25) is 0 Å². The van der Waals surface area contributed by atoms with Gasteiger partial charge in [0.05, 0.1) is 11.0 Å². The first-order valence-electron chi connectivity index (χ1n) is 10.6. The van der Waals surface area contributed by atoms with Gasteiger partial charge in [-0.25, -0.2) is 4.79 Å². The number of amides is 1. The van der Waals surface area contributed by atoms with Crippen LogP contribution in [0.25, 0.3) is 11.1 Å². The molecule has 4 rings (SSSR count). The molecule has 1 aliphatic rings. The summed E-state index contributed by atoms with van der Waals surface area (Å²) in [6.07, 6.45) is 0.815. The number of carbonyl (C=O) groups is 1. The summed E-state index contributed by atoms with van der Waals surface area (Å²) in [6, 6.07) is 23.1. The molecule has 0 unspecified atom stereocenters. The Labute approximate surface area is 196 Å². The van der Waals surface area contributed by atoms with Crippen molar-refractivity contribution in [3.05, 3.63) is 111 Å². The number of hydrogen-bond donors (Lipinski definition) is 1. The van der Waals surface area contributed by atoms with Crippen LogP contribution in [0.5, 0.6) is 0 Å². The van der Waals surface area contributed by atoms with E-state index in [4.69, 9.17) is 4.74 Å². The van der Waals surface area contributed by atoms with Crippen LogP contribution in [0.4, 0.5) is 4.79 Å². The van der Waals surface area contributed by atoms with Crippen LogP contribution in [0.15, 0.2) is 88.8 Å². The van der Waals surface area contributed by atoms with E-state index in [0.717, 1.165) is 44.5 Å². The minimum absolute atomic E-state index is 0.0413. The molecule has 3 aromatic rings. The molecule has 3 aromatic carbocycles. The fourth-order valence-corrected chi connectivity index (χ4v) is 4.80. The predicted molar refractivity (Wildman–Crippen MR) is 130 cm³/mol. The minimum Gasteiger partial charge on any atom is -0.449 e. The van der Waals surface area contributed by atoms with Crippen molar-refractivity contribution in [2.45, 2.75) is 30.7 Å². The van der Waals surface area contributed by atoms with Crippen LogP contribution in [0.1, 0.15) is 29.5 Å². The highest BCUT2D eigenvalue weighted by Crippen LogP contribution is 2.44. The van der Waals surface area contributed by atoms with Crippen molar-refractivity contribution in [3.8, 4) is 11.1 Å². The van der Waals surface area contributed by atoms with Gasteiger partial charge in [0.25, 0.3) is 0 Å². The average molecular weight is 461 g/mol. The van der Waals surface area contributed by atoms with Crippen molar-refractivity contribution >= 4 is 17.9 Å². The van der Waals surface area contributed by atoms with Crippen molar-refractivity contribution < 1.29 is 14.5 Å². The predicted octanol–water partition coefficient (Wildman–Crippen LogP) is 6.13. The van der Waals surface area contributed by atoms with E-state index in [1.807, 2.05) is 55.5 Å². The van der Waals surface area contributed by atoms with Crippen molar-refractivity contribution in [1.82, 2.24) is 5.32 Å². The Morgan fingerprint density at radius 3 is 2.21 bits per heavy atom. The van der Waals surface area contributed by atoms with E-state index in [1.54, 1.807) is 6.92 Å². The third kappa shape index (κ3) is 5.26. The Morgan fingerprint density at radius 2 is 1.64 bits per heavy atom. The van der Waals surface area contributed by atoms with Crippen LogP contribution in [-0.2, 0) is 4.74 Å². The molecule has 0 aromatic heterocycles. The first-order chi connectivity index (χ1) is 15.9. The van der Waals surface area contributed by atoms with Crippen molar-refractivity contribution in [2.75, 3.05) is 6.61 Å². The second-order valence-corrected chi connectivity index (χ2v) is 9.03. The number of ether oxygens (including phenoxy) is 1. The Balaban J connectivity index is 1.39. The lowest BCUT2D eigenvalue weighted by atomic mass is 9.98. The number of aryl methyl sites for hydroxylation is 1. The van der Waals surface area contributed by atoms with Crippen molar-refractivity contribution in [1.29, 1.82) is 0 Å². The Kier molecular flexibility index (Phi) is 6.79. The third-order valence-electron chi connectivity index (χ3n) is 5.51. The molecule has 0 saturated heterocycles. The largest absolute Gasteiger partial charge is 0.449 e. The maximum atomic E-state index is 12.4. The Hall–Kier alpha value is -3.58. The number of thioether (sulfide) groups is 1. The van der Waals surface area contributed by atoms with E-state index in [1.165, 1.54) is 6.08 Å². The maximum absolute atomic E-state index is 12.4. The van der Waals surface area contributed by atoms with Crippen LogP contribution in [-0.4, -0.2) is 23.7 Å². The zero-order valence-corrected chi connectivity index (χ0v) is 19.2. The molecule has 1 aliphatic carbocycles. The zero-order valence-electron chi connectivity index (χ0n) is 18.4. The molecule has 168 valence electrons. The Morgan fingerprint density at radius 1 is 1.06 bits per heavy atom. The lowest BCUT2D eigenvalue weighted by Crippen LogP contribution is -2.33. The molecular weight excluding hydrogens is 436 g/mol. The summed E-state index contributed by atoms with van der Waals surface area (Å²) in [5.74, 6) is -0.0413. The summed E-state index contributed by atoms with van der Waals surface area (Å²) in [4.78, 5) is 24.3. The highest BCUT2D eigenvalue weighted by Gasteiger charge is 2.29. The molecule has 7 heteroatoms. The van der Waals surface area contributed by atoms with Crippen molar-refractivity contribution in [2.24, 2.45) is 0 Å². The minimum atomic E-state index is -0.608. The number of carbonyl (C=O) groups excluding carboxylic acids is 1. The van der Waals surface area contributed by atoms with Crippen LogP contribution >= 0.6 is 11.8 Å². The molecule has 1 amide bonds. The van der Waals surface area contributed by atoms with E-state index in [0.29, 0.717) is 0 Å². The molecule has 6 nitrogen and oxygen atoms in total. The molecule has 1 N–H and O–H groups in total. The number of alkyl carbamates (subject to hydrolysis) is 1. The molecule has 1 atom stereocenters. The van der Waals surface area contributed by atoms with Gasteiger partial charge < -0.3 is 10.1 Å². The molecule has 0 saturated carbocycles. The first kappa shape index (κ1) is 22.6. The van der Waals surface area contributed by atoms with E-state index in [9.17, 15) is 14.9 Å². The van der Waals surface area contributed by atoms with E-state index in [-0.39, 0.29) is 17.6 Å². The summed E-state index contributed by atoms with van der Waals surface area (Å²) in [7, 11) is 0. The molecule has 0 radical (unpaired) electrons. The number of fused-ring (bicyclic) bond motifs is 3. The van der Waals surface area contributed by atoms with Gasteiger partial charge in [-0.15, -0.1) is 0 Å². The average Bonchev–Trinajstić information content (AvgIpc) is 3.12. The second-order valence-electron chi connectivity index (χ2n) is 7.94. The summed E-state index contributed by atoms with van der Waals surface area (Å²) < 4.78 is 5.53. The summed E-state index contributed by atoms with van der Waals surface area (Å²) in [5.41, 5.74) is 5.65. The van der Waals surface area contributed by atoms with Gasteiger partial charge in [-0.3, -0.25) is 10.1 Å². The number of nitrogens with zero attached hydrogens (tertiary/aromatic N) is 1. The number of nitro groups is 1. The topological polar surface area (TPSA) is 81.5 Å². The maximum Gasteiger partial charge on any atom is 0.407 e. The van der Waals surface area contributed by atoms with E-state index < -0.39 is 17.1 Å². The normalized spacial score (nSPS) is 13.7. The fraction of sp³-hybridized carbons (Fsp3) is 0.192. The molecule has 0 heterocycles. The van der Waals surface area contributed by atoms with Crippen LogP contribution in [0, 0.1) is 17.0 Å². The lowest BCUT2D eigenvalue weighted by Gasteiger charge is -2.16. The summed E-state index contributed by atoms with van der Waals surface area (Å²) >= 11 is 1.05. The molecule has 0 fully saturated rings. The van der Waals surface area contributed by atoms with Gasteiger partial charge in [-0.05, 0) is 60.0 Å². The van der Waals surface area contributed by atoms with Crippen LogP contribution in [0.3, 0.4) is 0 Å². The van der Waals surface area contributed by atoms with Gasteiger partial charge in [-0.2, -0.15) is 0 Å². The summed E-state index contributed by atoms with van der Waals surface area (Å²) in [6.45, 7) is 3.83. The third-order valence-corrected chi connectivity index (χ3v) is 6.51. The number of hydrogen-bond acceptors (Lipinski definition) is 5. The Bertz CT molecular complexity index is 1160. The zero-order chi connectivity index (χ0) is 23.4. The smallest absolute Gasteiger partial charge is 0.407 e. The number of benzene rings is 3. The van der Waals surface area contributed by atoms with Gasteiger partial charge in [0.2, 0.25) is 0 Å². The van der Waals surface area contributed by atoms with Gasteiger partial charge in [0.1, 0.15) is 6.61 Å². The van der Waals surface area contributed by atoms with Gasteiger partial charge in [0, 0.05) is 16.9 Å². The highest BCUT2D eigenvalue weighted by molar-refractivity contribution is 8.02. The quantitative estimate of drug-likeness (QED) is 0.260. The molecule has 0 bridgehead atoms. The van der Waals surface area contributed by atoms with Gasteiger partial charge >= 0.3 is 11.1 Å². The molecule has 0 spiro atoms. The van der Waals surface area contributed by atoms with Gasteiger partial charge in [0.15, 0.2) is 0 Å². The monoisotopic (exact) mass is 460 g/mol. The summed E-state index contributed by atoms with van der Waals surface area (Å²) in [5, 5.41) is 14.1. The second kappa shape index (κ2) is 9.92. The highest BCUT2D eigenvalue weighted by atomic mass is 32.2. The molecular formula is C26H24N2O4S. The number of nitrogens with one attached hydrogen (secondary N) is 1. The lowest BCUT2D eigenvalue weighted by molar-refractivity contribution is -0.410. The van der Waals surface area contributed by atoms with E-state index >= 15 is 0 Å². The SMILES string of the molecule is Cc1ccc(S/C(=C\[C@H](C)NC(=O)OCC2c3ccccc3-c3ccccc32)[N+](=O)[O-])cc1. The first-order valence-corrected chi connectivity index (χ1v) is 11.5.